The van der Waals surface area contributed by atoms with E-state index in [0.717, 1.165) is 0 Å². The van der Waals surface area contributed by atoms with Gasteiger partial charge < -0.3 is 19.6 Å². The molecule has 2 saturated heterocycles. The molecule has 9 heteroatoms. The molecule has 0 aromatic carbocycles. The Morgan fingerprint density at radius 2 is 1.19 bits per heavy atom. The Hall–Kier alpha value is -2.97. The van der Waals surface area contributed by atoms with Gasteiger partial charge in [-0.1, -0.05) is 19.9 Å². The zero-order valence-electron chi connectivity index (χ0n) is 19.4. The molecule has 2 aliphatic heterocycles. The van der Waals surface area contributed by atoms with Gasteiger partial charge in [0.15, 0.2) is 0 Å². The maximum atomic E-state index is 13.2. The van der Waals surface area contributed by atoms with E-state index in [9.17, 15) is 19.2 Å². The molecule has 0 bridgehead atoms. The summed E-state index contributed by atoms with van der Waals surface area (Å²) in [6, 6.07) is 3.71. The first-order valence-corrected chi connectivity index (χ1v) is 11.5. The fourth-order valence-corrected chi connectivity index (χ4v) is 4.55. The summed E-state index contributed by atoms with van der Waals surface area (Å²) in [5.74, 6) is -0.816. The topological polar surface area (TPSA) is 94.1 Å². The SMILES string of the molecule is CCC1C(=O)N(CC)CCN1C(=O)c1cccc(C(=O)N2CCN(CC)C(=O)C2CC)n1. The van der Waals surface area contributed by atoms with Crippen molar-refractivity contribution in [1.82, 2.24) is 24.6 Å². The van der Waals surface area contributed by atoms with Crippen LogP contribution in [0.25, 0.3) is 0 Å². The number of carbonyl (C=O) groups excluding carboxylic acids is 4. The predicted octanol–water partition coefficient (Wildman–Crippen LogP) is 1.25. The largest absolute Gasteiger partial charge is 0.339 e. The van der Waals surface area contributed by atoms with Crippen LogP contribution in [0.3, 0.4) is 0 Å². The Bertz CT molecular complexity index is 822. The van der Waals surface area contributed by atoms with Crippen molar-refractivity contribution in [3.8, 4) is 0 Å². The molecule has 2 atom stereocenters. The highest BCUT2D eigenvalue weighted by atomic mass is 16.2. The standard InChI is InChI=1S/C23H33N5O4/c1-5-18-22(31)25(7-3)12-14-27(18)20(29)16-10-9-11-17(24-16)21(30)28-15-13-26(8-4)23(32)19(28)6-2/h9-11,18-19H,5-8,12-15H2,1-4H3. The summed E-state index contributed by atoms with van der Waals surface area (Å²) in [5.41, 5.74) is 0.275. The van der Waals surface area contributed by atoms with Gasteiger partial charge in [0.05, 0.1) is 0 Å². The number of hydrogen-bond donors (Lipinski definition) is 0. The van der Waals surface area contributed by atoms with Crippen molar-refractivity contribution in [3.63, 3.8) is 0 Å². The fourth-order valence-electron chi connectivity index (χ4n) is 4.55. The minimum absolute atomic E-state index is 0.0556. The van der Waals surface area contributed by atoms with Crippen LogP contribution in [0.4, 0.5) is 0 Å². The van der Waals surface area contributed by atoms with Crippen LogP contribution in [0.15, 0.2) is 18.2 Å². The molecule has 3 heterocycles. The Kier molecular flexibility index (Phi) is 7.48. The van der Waals surface area contributed by atoms with E-state index < -0.39 is 12.1 Å². The summed E-state index contributed by atoms with van der Waals surface area (Å²) in [7, 11) is 0. The van der Waals surface area contributed by atoms with Crippen LogP contribution in [0, 0.1) is 0 Å². The van der Waals surface area contributed by atoms with Crippen LogP contribution < -0.4 is 0 Å². The number of pyridine rings is 1. The highest BCUT2D eigenvalue weighted by Crippen LogP contribution is 2.20. The van der Waals surface area contributed by atoms with E-state index in [1.165, 1.54) is 0 Å². The van der Waals surface area contributed by atoms with E-state index in [1.807, 2.05) is 27.7 Å². The second kappa shape index (κ2) is 10.1. The number of piperazine rings is 2. The van der Waals surface area contributed by atoms with Crippen LogP contribution in [0.2, 0.25) is 0 Å². The molecule has 174 valence electrons. The van der Waals surface area contributed by atoms with Gasteiger partial charge in [-0.3, -0.25) is 19.2 Å². The minimum Gasteiger partial charge on any atom is -0.339 e. The van der Waals surface area contributed by atoms with Gasteiger partial charge in [-0.15, -0.1) is 0 Å². The smallest absolute Gasteiger partial charge is 0.273 e. The summed E-state index contributed by atoms with van der Waals surface area (Å²) >= 11 is 0. The monoisotopic (exact) mass is 443 g/mol. The number of hydrogen-bond acceptors (Lipinski definition) is 5. The highest BCUT2D eigenvalue weighted by Gasteiger charge is 2.38. The van der Waals surface area contributed by atoms with E-state index in [0.29, 0.717) is 52.1 Å². The first kappa shape index (κ1) is 23.7. The van der Waals surface area contributed by atoms with Crippen molar-refractivity contribution in [3.05, 3.63) is 29.6 Å². The van der Waals surface area contributed by atoms with E-state index >= 15 is 0 Å². The molecule has 9 nitrogen and oxygen atoms in total. The van der Waals surface area contributed by atoms with Gasteiger partial charge in [-0.2, -0.15) is 0 Å². The third-order valence-corrected chi connectivity index (χ3v) is 6.41. The third-order valence-electron chi connectivity index (χ3n) is 6.41. The average Bonchev–Trinajstić information content (AvgIpc) is 2.82. The first-order valence-electron chi connectivity index (χ1n) is 11.5. The molecule has 0 saturated carbocycles. The zero-order chi connectivity index (χ0) is 23.4. The predicted molar refractivity (Wildman–Crippen MR) is 119 cm³/mol. The molecule has 0 N–H and O–H groups in total. The van der Waals surface area contributed by atoms with E-state index in [1.54, 1.807) is 37.8 Å². The van der Waals surface area contributed by atoms with Crippen LogP contribution in [0.5, 0.6) is 0 Å². The van der Waals surface area contributed by atoms with Crippen molar-refractivity contribution >= 4 is 23.6 Å². The van der Waals surface area contributed by atoms with Crippen molar-refractivity contribution in [2.24, 2.45) is 0 Å². The normalized spacial score (nSPS) is 21.9. The number of carbonyl (C=O) groups is 4. The second-order valence-electron chi connectivity index (χ2n) is 8.09. The zero-order valence-corrected chi connectivity index (χ0v) is 19.4. The van der Waals surface area contributed by atoms with E-state index in [2.05, 4.69) is 4.98 Å². The Morgan fingerprint density at radius 3 is 1.53 bits per heavy atom. The van der Waals surface area contributed by atoms with Gasteiger partial charge in [-0.05, 0) is 38.8 Å². The molecule has 1 aromatic rings. The summed E-state index contributed by atoms with van der Waals surface area (Å²) in [6.45, 7) is 10.7. The minimum atomic E-state index is -0.526. The Morgan fingerprint density at radius 1 is 0.781 bits per heavy atom. The van der Waals surface area contributed by atoms with Gasteiger partial charge in [0, 0.05) is 39.3 Å². The van der Waals surface area contributed by atoms with Crippen LogP contribution in [-0.2, 0) is 9.59 Å². The molecule has 0 aliphatic carbocycles. The number of rotatable bonds is 6. The molecular formula is C23H33N5O4. The molecule has 32 heavy (non-hydrogen) atoms. The molecule has 2 unspecified atom stereocenters. The van der Waals surface area contributed by atoms with Crippen molar-refractivity contribution < 1.29 is 19.2 Å². The molecule has 2 aliphatic rings. The van der Waals surface area contributed by atoms with Gasteiger partial charge in [-0.25, -0.2) is 4.98 Å². The maximum Gasteiger partial charge on any atom is 0.273 e. The van der Waals surface area contributed by atoms with Gasteiger partial charge >= 0.3 is 0 Å². The van der Waals surface area contributed by atoms with Crippen molar-refractivity contribution in [2.75, 3.05) is 39.3 Å². The molecule has 2 fully saturated rings. The van der Waals surface area contributed by atoms with E-state index in [-0.39, 0.29) is 35.0 Å². The van der Waals surface area contributed by atoms with Crippen LogP contribution in [0.1, 0.15) is 61.5 Å². The van der Waals surface area contributed by atoms with Crippen molar-refractivity contribution in [1.29, 1.82) is 0 Å². The molecule has 0 spiro atoms. The second-order valence-corrected chi connectivity index (χ2v) is 8.09. The van der Waals surface area contributed by atoms with Gasteiger partial charge in [0.25, 0.3) is 11.8 Å². The molecule has 3 rings (SSSR count). The van der Waals surface area contributed by atoms with Crippen LogP contribution in [-0.4, -0.2) is 99.6 Å². The molecular weight excluding hydrogens is 410 g/mol. The number of likely N-dealkylation sites (N-methyl/N-ethyl adjacent to an activating group) is 2. The number of amides is 4. The fraction of sp³-hybridized carbons (Fsp3) is 0.609. The Balaban J connectivity index is 1.82. The van der Waals surface area contributed by atoms with Gasteiger partial charge in [0.2, 0.25) is 11.8 Å². The quantitative estimate of drug-likeness (QED) is 0.660. The first-order chi connectivity index (χ1) is 15.4. The summed E-state index contributed by atoms with van der Waals surface area (Å²) in [4.78, 5) is 62.8. The lowest BCUT2D eigenvalue weighted by Crippen LogP contribution is -2.58. The maximum absolute atomic E-state index is 13.2. The molecule has 0 radical (unpaired) electrons. The lowest BCUT2D eigenvalue weighted by atomic mass is 10.1. The van der Waals surface area contributed by atoms with Gasteiger partial charge in [0.1, 0.15) is 23.5 Å². The average molecular weight is 444 g/mol. The molecule has 1 aromatic heterocycles. The summed E-state index contributed by atoms with van der Waals surface area (Å²) in [5, 5.41) is 0. The van der Waals surface area contributed by atoms with Crippen molar-refractivity contribution in [2.45, 2.75) is 52.6 Å². The van der Waals surface area contributed by atoms with E-state index in [4.69, 9.17) is 0 Å². The molecule has 4 amide bonds. The summed E-state index contributed by atoms with van der Waals surface area (Å²) < 4.78 is 0. The number of nitrogens with zero attached hydrogens (tertiary/aromatic N) is 5. The third kappa shape index (κ3) is 4.33. The Labute approximate surface area is 189 Å². The van der Waals surface area contributed by atoms with Crippen LogP contribution >= 0.6 is 0 Å². The summed E-state index contributed by atoms with van der Waals surface area (Å²) in [6.07, 6.45) is 1.03. The highest BCUT2D eigenvalue weighted by molar-refractivity contribution is 6.00. The lowest BCUT2D eigenvalue weighted by Gasteiger charge is -2.40. The number of aromatic nitrogens is 1. The lowest BCUT2D eigenvalue weighted by molar-refractivity contribution is -0.140.